The molecular weight excluding hydrogens is 280 g/mol. The number of amides is 1. The summed E-state index contributed by atoms with van der Waals surface area (Å²) >= 11 is 0. The van der Waals surface area contributed by atoms with E-state index in [1.165, 1.54) is 6.42 Å². The lowest BCUT2D eigenvalue weighted by molar-refractivity contribution is -0.123. The largest absolute Gasteiger partial charge is 0.381 e. The Bertz CT molecular complexity index is 307. The van der Waals surface area contributed by atoms with Crippen LogP contribution in [0.3, 0.4) is 0 Å². The highest BCUT2D eigenvalue weighted by molar-refractivity contribution is 5.80. The fourth-order valence-corrected chi connectivity index (χ4v) is 1.62. The number of nitrogens with zero attached hydrogens (tertiary/aromatic N) is 1. The van der Waals surface area contributed by atoms with Gasteiger partial charge in [0, 0.05) is 45.3 Å². The first kappa shape index (κ1) is 20.7. The van der Waals surface area contributed by atoms with Crippen LogP contribution in [0.15, 0.2) is 4.99 Å². The van der Waals surface area contributed by atoms with E-state index in [2.05, 4.69) is 27.9 Å². The highest BCUT2D eigenvalue weighted by Crippen LogP contribution is 1.91. The van der Waals surface area contributed by atoms with Crippen molar-refractivity contribution in [3.05, 3.63) is 0 Å². The zero-order valence-electron chi connectivity index (χ0n) is 14.7. The second-order valence-corrected chi connectivity index (χ2v) is 5.45. The predicted octanol–water partition coefficient (Wildman–Crippen LogP) is 1.52. The maximum atomic E-state index is 11.4. The van der Waals surface area contributed by atoms with Crippen LogP contribution >= 0.6 is 0 Å². The monoisotopic (exact) mass is 314 g/mol. The summed E-state index contributed by atoms with van der Waals surface area (Å²) in [6.45, 7) is 12.4. The predicted molar refractivity (Wildman–Crippen MR) is 92.2 cm³/mol. The van der Waals surface area contributed by atoms with Crippen LogP contribution in [-0.2, 0) is 9.53 Å². The highest BCUT2D eigenvalue weighted by atomic mass is 16.5. The molecule has 0 aliphatic rings. The maximum absolute atomic E-state index is 11.4. The van der Waals surface area contributed by atoms with Gasteiger partial charge < -0.3 is 20.7 Å². The Morgan fingerprint density at radius 1 is 1.05 bits per heavy atom. The van der Waals surface area contributed by atoms with Gasteiger partial charge in [-0.05, 0) is 19.8 Å². The third-order valence-electron chi connectivity index (χ3n) is 2.94. The number of guanidine groups is 1. The lowest BCUT2D eigenvalue weighted by Crippen LogP contribution is -2.42. The smallest absolute Gasteiger partial charge is 0.222 e. The molecule has 6 heteroatoms. The van der Waals surface area contributed by atoms with E-state index >= 15 is 0 Å². The standard InChI is InChI=1S/C16H34N4O2/c1-5-7-12-22-13-8-9-19-16(17-6-2)20-11-10-18-15(21)14(3)4/h14H,5-13H2,1-4H3,(H,18,21)(H2,17,19,20). The number of hydrogen-bond acceptors (Lipinski definition) is 3. The van der Waals surface area contributed by atoms with Crippen molar-refractivity contribution in [2.75, 3.05) is 39.4 Å². The first-order chi connectivity index (χ1) is 10.6. The minimum absolute atomic E-state index is 0.0228. The Morgan fingerprint density at radius 2 is 1.73 bits per heavy atom. The fourth-order valence-electron chi connectivity index (χ4n) is 1.62. The van der Waals surface area contributed by atoms with Crippen molar-refractivity contribution in [2.45, 2.75) is 47.0 Å². The van der Waals surface area contributed by atoms with E-state index in [4.69, 9.17) is 4.74 Å². The van der Waals surface area contributed by atoms with E-state index in [0.717, 1.165) is 45.1 Å². The molecule has 0 atom stereocenters. The molecule has 0 radical (unpaired) electrons. The zero-order valence-corrected chi connectivity index (χ0v) is 14.7. The van der Waals surface area contributed by atoms with E-state index in [1.807, 2.05) is 20.8 Å². The highest BCUT2D eigenvalue weighted by Gasteiger charge is 2.05. The average molecular weight is 314 g/mol. The summed E-state index contributed by atoms with van der Waals surface area (Å²) in [5, 5.41) is 9.27. The third-order valence-corrected chi connectivity index (χ3v) is 2.94. The van der Waals surface area contributed by atoms with Gasteiger partial charge in [0.15, 0.2) is 5.96 Å². The van der Waals surface area contributed by atoms with Crippen LogP contribution in [0.2, 0.25) is 0 Å². The number of carbonyl (C=O) groups is 1. The third kappa shape index (κ3) is 12.4. The van der Waals surface area contributed by atoms with E-state index in [-0.39, 0.29) is 11.8 Å². The molecule has 0 aromatic carbocycles. The van der Waals surface area contributed by atoms with Crippen molar-refractivity contribution in [3.8, 4) is 0 Å². The van der Waals surface area contributed by atoms with Gasteiger partial charge in [0.2, 0.25) is 5.91 Å². The Balaban J connectivity index is 3.79. The first-order valence-corrected chi connectivity index (χ1v) is 8.49. The Labute approximate surface area is 135 Å². The normalized spacial score (nSPS) is 11.6. The Hall–Kier alpha value is -1.30. The molecule has 0 aromatic rings. The van der Waals surface area contributed by atoms with E-state index < -0.39 is 0 Å². The van der Waals surface area contributed by atoms with E-state index in [0.29, 0.717) is 13.1 Å². The van der Waals surface area contributed by atoms with Gasteiger partial charge in [-0.2, -0.15) is 0 Å². The number of ether oxygens (including phenoxy) is 1. The van der Waals surface area contributed by atoms with Gasteiger partial charge >= 0.3 is 0 Å². The number of unbranched alkanes of at least 4 members (excludes halogenated alkanes) is 1. The van der Waals surface area contributed by atoms with Crippen LogP contribution in [0.4, 0.5) is 0 Å². The van der Waals surface area contributed by atoms with Crippen LogP contribution in [0, 0.1) is 5.92 Å². The molecule has 0 saturated heterocycles. The number of nitrogens with one attached hydrogen (secondary N) is 3. The van der Waals surface area contributed by atoms with Gasteiger partial charge in [0.05, 0.1) is 0 Å². The number of rotatable bonds is 12. The molecule has 3 N–H and O–H groups in total. The van der Waals surface area contributed by atoms with Crippen LogP contribution in [-0.4, -0.2) is 51.3 Å². The van der Waals surface area contributed by atoms with Crippen molar-refractivity contribution in [1.82, 2.24) is 16.0 Å². The Kier molecular flexibility index (Phi) is 13.8. The molecule has 0 saturated carbocycles. The molecule has 0 spiro atoms. The summed E-state index contributed by atoms with van der Waals surface area (Å²) in [5.41, 5.74) is 0. The molecule has 1 amide bonds. The van der Waals surface area contributed by atoms with Crippen molar-refractivity contribution in [3.63, 3.8) is 0 Å². The van der Waals surface area contributed by atoms with E-state index in [1.54, 1.807) is 0 Å². The summed E-state index contributed by atoms with van der Waals surface area (Å²) in [4.78, 5) is 15.9. The lowest BCUT2D eigenvalue weighted by Gasteiger charge is -2.12. The van der Waals surface area contributed by atoms with E-state index in [9.17, 15) is 4.79 Å². The number of hydrogen-bond donors (Lipinski definition) is 3. The summed E-state index contributed by atoms with van der Waals surface area (Å²) in [7, 11) is 0. The summed E-state index contributed by atoms with van der Waals surface area (Å²) in [6, 6.07) is 0. The molecule has 6 nitrogen and oxygen atoms in total. The minimum Gasteiger partial charge on any atom is -0.381 e. The quantitative estimate of drug-likeness (QED) is 0.290. The molecule has 22 heavy (non-hydrogen) atoms. The molecule has 0 aliphatic heterocycles. The molecule has 0 rings (SSSR count). The molecule has 0 fully saturated rings. The van der Waals surface area contributed by atoms with Crippen molar-refractivity contribution >= 4 is 11.9 Å². The summed E-state index contributed by atoms with van der Waals surface area (Å²) in [6.07, 6.45) is 3.21. The molecule has 0 aliphatic carbocycles. The summed E-state index contributed by atoms with van der Waals surface area (Å²) in [5.74, 6) is 0.887. The second-order valence-electron chi connectivity index (χ2n) is 5.45. The summed E-state index contributed by atoms with van der Waals surface area (Å²) < 4.78 is 5.51. The van der Waals surface area contributed by atoms with Gasteiger partial charge in [0.25, 0.3) is 0 Å². The van der Waals surface area contributed by atoms with Crippen molar-refractivity contribution in [1.29, 1.82) is 0 Å². The number of carbonyl (C=O) groups excluding carboxylic acids is 1. The molecule has 0 bridgehead atoms. The lowest BCUT2D eigenvalue weighted by atomic mass is 10.2. The average Bonchev–Trinajstić information content (AvgIpc) is 2.50. The van der Waals surface area contributed by atoms with Crippen molar-refractivity contribution in [2.24, 2.45) is 10.9 Å². The first-order valence-electron chi connectivity index (χ1n) is 8.49. The van der Waals surface area contributed by atoms with Gasteiger partial charge in [-0.3, -0.25) is 9.79 Å². The van der Waals surface area contributed by atoms with Gasteiger partial charge in [-0.1, -0.05) is 27.2 Å². The van der Waals surface area contributed by atoms with Gasteiger partial charge in [0.1, 0.15) is 0 Å². The van der Waals surface area contributed by atoms with Crippen LogP contribution in [0.25, 0.3) is 0 Å². The molecule has 0 aromatic heterocycles. The van der Waals surface area contributed by atoms with Crippen LogP contribution < -0.4 is 16.0 Å². The topological polar surface area (TPSA) is 74.8 Å². The van der Waals surface area contributed by atoms with Crippen molar-refractivity contribution < 1.29 is 9.53 Å². The van der Waals surface area contributed by atoms with Crippen LogP contribution in [0.5, 0.6) is 0 Å². The number of aliphatic imine (C=N–C) groups is 1. The molecule has 130 valence electrons. The Morgan fingerprint density at radius 3 is 2.36 bits per heavy atom. The molecule has 0 unspecified atom stereocenters. The van der Waals surface area contributed by atoms with Gasteiger partial charge in [-0.25, -0.2) is 0 Å². The minimum atomic E-state index is 0.0228. The van der Waals surface area contributed by atoms with Crippen LogP contribution in [0.1, 0.15) is 47.0 Å². The molecule has 0 heterocycles. The zero-order chi connectivity index (χ0) is 16.6. The maximum Gasteiger partial charge on any atom is 0.222 e. The SMILES string of the molecule is CCCCOCCCN=C(NCC)NCCNC(=O)C(C)C. The fraction of sp³-hybridized carbons (Fsp3) is 0.875. The second kappa shape index (κ2) is 14.6. The molecular formula is C16H34N4O2. The van der Waals surface area contributed by atoms with Gasteiger partial charge in [-0.15, -0.1) is 0 Å².